The molecule has 1 N–H and O–H groups in total. The monoisotopic (exact) mass is 400 g/mol. The van der Waals surface area contributed by atoms with E-state index in [2.05, 4.69) is 33.0 Å². The molecule has 0 amide bonds. The first-order valence-corrected chi connectivity index (χ1v) is 12.2. The molecular weight excluding hydrogens is 360 g/mol. The number of rotatable bonds is 2. The number of hydrogen-bond acceptors (Lipinski definition) is 4. The van der Waals surface area contributed by atoms with Gasteiger partial charge in [0.1, 0.15) is 11.9 Å². The molecular formula is C25H40N2O2. The van der Waals surface area contributed by atoms with Gasteiger partial charge in [-0.05, 0) is 80.6 Å². The molecule has 4 saturated carbocycles. The van der Waals surface area contributed by atoms with Crippen LogP contribution in [0.2, 0.25) is 0 Å². The van der Waals surface area contributed by atoms with Gasteiger partial charge in [0, 0.05) is 30.2 Å². The smallest absolute Gasteiger partial charge is 0.141 e. The molecule has 0 bridgehead atoms. The van der Waals surface area contributed by atoms with E-state index in [0.717, 1.165) is 57.0 Å². The molecule has 0 aromatic carbocycles. The highest BCUT2D eigenvalue weighted by molar-refractivity contribution is 5.90. The molecule has 5 rings (SSSR count). The van der Waals surface area contributed by atoms with Crippen molar-refractivity contribution in [3.63, 3.8) is 0 Å². The summed E-state index contributed by atoms with van der Waals surface area (Å²) in [5.41, 5.74) is 1.77. The van der Waals surface area contributed by atoms with Crippen LogP contribution in [0.25, 0.3) is 0 Å². The van der Waals surface area contributed by atoms with Crippen molar-refractivity contribution in [3.8, 4) is 0 Å². The van der Waals surface area contributed by atoms with Crippen LogP contribution in [0.3, 0.4) is 0 Å². The lowest BCUT2D eigenvalue weighted by Crippen LogP contribution is -2.58. The van der Waals surface area contributed by atoms with Crippen molar-refractivity contribution in [2.75, 3.05) is 13.1 Å². The summed E-state index contributed by atoms with van der Waals surface area (Å²) in [6.07, 6.45) is 10.6. The van der Waals surface area contributed by atoms with Crippen LogP contribution in [0.1, 0.15) is 85.5 Å². The highest BCUT2D eigenvalue weighted by Gasteiger charge is 2.62. The highest BCUT2D eigenvalue weighted by atomic mass is 16.6. The average Bonchev–Trinajstić information content (AvgIpc) is 3.29. The molecule has 0 radical (unpaired) electrons. The van der Waals surface area contributed by atoms with E-state index in [4.69, 9.17) is 9.99 Å². The van der Waals surface area contributed by atoms with Crippen LogP contribution >= 0.6 is 0 Å². The second kappa shape index (κ2) is 6.80. The van der Waals surface area contributed by atoms with E-state index in [1.165, 1.54) is 31.4 Å². The molecule has 7 atom stereocenters. The van der Waals surface area contributed by atoms with Crippen molar-refractivity contribution in [2.24, 2.45) is 45.1 Å². The summed E-state index contributed by atoms with van der Waals surface area (Å²) in [6, 6.07) is 0. The van der Waals surface area contributed by atoms with Gasteiger partial charge in [-0.25, -0.2) is 0 Å². The minimum atomic E-state index is -0.00960. The van der Waals surface area contributed by atoms with Gasteiger partial charge < -0.3 is 10.2 Å². The molecule has 29 heavy (non-hydrogen) atoms. The Morgan fingerprint density at radius 1 is 0.966 bits per heavy atom. The molecule has 1 saturated heterocycles. The lowest BCUT2D eigenvalue weighted by atomic mass is 9.41. The molecule has 4 heteroatoms. The Balaban J connectivity index is 1.38. The number of Topliss-reactive ketones (excluding diaryl/α,β-unsaturated/α-hetero) is 1. The minimum absolute atomic E-state index is 0.00960. The number of nitrogens with zero attached hydrogens (tertiary/aromatic N) is 1. The number of ketones is 1. The Bertz CT molecular complexity index is 710. The van der Waals surface area contributed by atoms with Gasteiger partial charge in [-0.2, -0.15) is 0 Å². The van der Waals surface area contributed by atoms with Crippen molar-refractivity contribution in [3.05, 3.63) is 0 Å². The van der Waals surface area contributed by atoms with E-state index in [0.29, 0.717) is 23.0 Å². The first kappa shape index (κ1) is 20.0. The minimum Gasteiger partial charge on any atom is -0.391 e. The van der Waals surface area contributed by atoms with Crippen molar-refractivity contribution in [1.29, 1.82) is 0 Å². The van der Waals surface area contributed by atoms with Crippen molar-refractivity contribution < 1.29 is 9.63 Å². The summed E-state index contributed by atoms with van der Waals surface area (Å²) in [5.74, 6) is 3.42. The molecule has 1 unspecified atom stereocenters. The predicted octanol–water partition coefficient (Wildman–Crippen LogP) is 4.97. The van der Waals surface area contributed by atoms with E-state index >= 15 is 0 Å². The third-order valence-corrected chi connectivity index (χ3v) is 10.4. The van der Waals surface area contributed by atoms with Gasteiger partial charge in [-0.1, -0.05) is 32.9 Å². The topological polar surface area (TPSA) is 50.7 Å². The summed E-state index contributed by atoms with van der Waals surface area (Å²) in [7, 11) is 0. The summed E-state index contributed by atoms with van der Waals surface area (Å²) in [5, 5.41) is 8.12. The average molecular weight is 401 g/mol. The summed E-state index contributed by atoms with van der Waals surface area (Å²) in [6.45, 7) is 11.7. The second-order valence-corrected chi connectivity index (χ2v) is 11.9. The molecule has 1 aliphatic heterocycles. The molecule has 5 aliphatic rings. The number of fused-ring (bicyclic) bond motifs is 5. The van der Waals surface area contributed by atoms with Crippen molar-refractivity contribution >= 4 is 11.5 Å². The number of nitrogens with one attached hydrogen (secondary N) is 1. The molecule has 4 aliphatic carbocycles. The van der Waals surface area contributed by atoms with Crippen molar-refractivity contribution in [2.45, 2.75) is 91.6 Å². The maximum Gasteiger partial charge on any atom is 0.141 e. The number of hydrogen-bond donors (Lipinski definition) is 1. The van der Waals surface area contributed by atoms with E-state index in [-0.39, 0.29) is 16.9 Å². The molecule has 5 fully saturated rings. The van der Waals surface area contributed by atoms with Crippen LogP contribution in [0, 0.1) is 39.9 Å². The first-order valence-electron chi connectivity index (χ1n) is 12.2. The zero-order valence-electron chi connectivity index (χ0n) is 18.9. The third-order valence-electron chi connectivity index (χ3n) is 10.4. The van der Waals surface area contributed by atoms with E-state index < -0.39 is 0 Å². The SMILES string of the molecule is CC1(C)/C(=N/O[C@H]2CCNC2)CC[C@@]2(C)C1CC[C@@H]1[C@@H]2CC[C@]2(C)C(=O)CC[C@@H]12. The fraction of sp³-hybridized carbons (Fsp3) is 0.920. The second-order valence-electron chi connectivity index (χ2n) is 11.9. The predicted molar refractivity (Wildman–Crippen MR) is 116 cm³/mol. The fourth-order valence-electron chi connectivity index (χ4n) is 8.70. The molecule has 0 aromatic heterocycles. The van der Waals surface area contributed by atoms with Crippen molar-refractivity contribution in [1.82, 2.24) is 5.32 Å². The Hall–Kier alpha value is -0.900. The Morgan fingerprint density at radius 2 is 1.79 bits per heavy atom. The van der Waals surface area contributed by atoms with Crippen LogP contribution in [-0.2, 0) is 9.63 Å². The Kier molecular flexibility index (Phi) is 4.70. The zero-order valence-corrected chi connectivity index (χ0v) is 18.9. The van der Waals surface area contributed by atoms with Crippen LogP contribution < -0.4 is 5.32 Å². The standard InChI is InChI=1S/C25H40N2O2/c1-23(2)20-7-5-17-18-6-8-22(28)25(18,4)12-9-19(17)24(20,3)13-10-21(23)27-29-16-11-14-26-15-16/h16-20,26H,5-15H2,1-4H3/b27-21+/t16-,17-,18-,19-,20?,24+,25-/m0/s1. The Morgan fingerprint density at radius 3 is 2.55 bits per heavy atom. The van der Waals surface area contributed by atoms with Crippen LogP contribution in [0.5, 0.6) is 0 Å². The maximum absolute atomic E-state index is 12.7. The summed E-state index contributed by atoms with van der Waals surface area (Å²) >= 11 is 0. The van der Waals surface area contributed by atoms with Gasteiger partial charge in [0.15, 0.2) is 0 Å². The fourth-order valence-corrected chi connectivity index (χ4v) is 8.70. The number of carbonyl (C=O) groups is 1. The van der Waals surface area contributed by atoms with Gasteiger partial charge in [-0.15, -0.1) is 0 Å². The number of carbonyl (C=O) groups excluding carboxylic acids is 1. The summed E-state index contributed by atoms with van der Waals surface area (Å²) in [4.78, 5) is 18.6. The van der Waals surface area contributed by atoms with Gasteiger partial charge in [0.2, 0.25) is 0 Å². The quantitative estimate of drug-likeness (QED) is 0.666. The number of oxime groups is 1. The van der Waals surface area contributed by atoms with Crippen LogP contribution in [0.15, 0.2) is 5.16 Å². The van der Waals surface area contributed by atoms with Gasteiger partial charge in [0.25, 0.3) is 0 Å². The van der Waals surface area contributed by atoms with Crippen LogP contribution in [0.4, 0.5) is 0 Å². The maximum atomic E-state index is 12.7. The normalized spacial score (nSPS) is 50.1. The lowest BCUT2D eigenvalue weighted by molar-refractivity contribution is -0.141. The molecule has 1 heterocycles. The van der Waals surface area contributed by atoms with E-state index in [9.17, 15) is 4.79 Å². The van der Waals surface area contributed by atoms with Crippen LogP contribution in [-0.4, -0.2) is 30.7 Å². The van der Waals surface area contributed by atoms with Gasteiger partial charge in [0.05, 0.1) is 5.71 Å². The Labute approximate surface area is 176 Å². The van der Waals surface area contributed by atoms with Gasteiger partial charge >= 0.3 is 0 Å². The largest absolute Gasteiger partial charge is 0.391 e. The molecule has 4 nitrogen and oxygen atoms in total. The van der Waals surface area contributed by atoms with Gasteiger partial charge in [-0.3, -0.25) is 4.79 Å². The summed E-state index contributed by atoms with van der Waals surface area (Å²) < 4.78 is 0. The lowest BCUT2D eigenvalue weighted by Gasteiger charge is -2.63. The van der Waals surface area contributed by atoms with E-state index in [1.54, 1.807) is 0 Å². The first-order chi connectivity index (χ1) is 13.8. The molecule has 0 aromatic rings. The molecule has 162 valence electrons. The third kappa shape index (κ3) is 2.87. The molecule has 0 spiro atoms. The van der Waals surface area contributed by atoms with E-state index in [1.807, 2.05) is 0 Å². The highest BCUT2D eigenvalue weighted by Crippen LogP contribution is 2.67. The zero-order chi connectivity index (χ0) is 20.4.